The van der Waals surface area contributed by atoms with E-state index in [0.29, 0.717) is 18.4 Å². The molecule has 1 aliphatic rings. The second-order valence-electron chi connectivity index (χ2n) is 4.23. The van der Waals surface area contributed by atoms with E-state index in [-0.39, 0.29) is 5.75 Å². The molecule has 96 valence electrons. The summed E-state index contributed by atoms with van der Waals surface area (Å²) in [5.41, 5.74) is 0.693. The van der Waals surface area contributed by atoms with Gasteiger partial charge in [0.15, 0.2) is 0 Å². The van der Waals surface area contributed by atoms with Gasteiger partial charge in [0.05, 0.1) is 6.04 Å². The Labute approximate surface area is 103 Å². The summed E-state index contributed by atoms with van der Waals surface area (Å²) in [6.45, 7) is 0. The van der Waals surface area contributed by atoms with Gasteiger partial charge in [-0.1, -0.05) is 12.1 Å². The van der Waals surface area contributed by atoms with Crippen molar-refractivity contribution in [2.24, 2.45) is 0 Å². The van der Waals surface area contributed by atoms with Gasteiger partial charge in [0.2, 0.25) is 0 Å². The third-order valence-corrected chi connectivity index (χ3v) is 3.17. The van der Waals surface area contributed by atoms with Crippen LogP contribution in [0.15, 0.2) is 24.3 Å². The molecule has 6 heteroatoms. The van der Waals surface area contributed by atoms with Crippen molar-refractivity contribution in [3.63, 3.8) is 0 Å². The van der Waals surface area contributed by atoms with Gasteiger partial charge in [-0.2, -0.15) is 0 Å². The number of aromatic hydroxyl groups is 1. The number of carbonyl (C=O) groups is 2. The topological polar surface area (TPSA) is 98.1 Å². The number of phenols is 1. The first-order valence-corrected chi connectivity index (χ1v) is 5.53. The van der Waals surface area contributed by atoms with Gasteiger partial charge < -0.3 is 15.3 Å². The number of carboxylic acids is 1. The van der Waals surface area contributed by atoms with Gasteiger partial charge >= 0.3 is 12.1 Å². The lowest BCUT2D eigenvalue weighted by Crippen LogP contribution is -2.40. The zero-order valence-corrected chi connectivity index (χ0v) is 9.48. The molecule has 18 heavy (non-hydrogen) atoms. The lowest BCUT2D eigenvalue weighted by Gasteiger charge is -2.25. The van der Waals surface area contributed by atoms with Crippen molar-refractivity contribution in [3.8, 4) is 5.75 Å². The predicted octanol–water partition coefficient (Wildman–Crippen LogP) is 1.66. The predicted molar refractivity (Wildman–Crippen MR) is 61.4 cm³/mol. The number of nitrogens with zero attached hydrogens (tertiary/aromatic N) is 1. The Balaban J connectivity index is 2.30. The number of aliphatic carboxylic acids is 1. The molecule has 1 saturated heterocycles. The van der Waals surface area contributed by atoms with E-state index >= 15 is 0 Å². The van der Waals surface area contributed by atoms with Crippen LogP contribution in [-0.2, 0) is 4.79 Å². The van der Waals surface area contributed by atoms with Crippen LogP contribution in [0.25, 0.3) is 0 Å². The number of hydrogen-bond donors (Lipinski definition) is 3. The van der Waals surface area contributed by atoms with Crippen molar-refractivity contribution in [1.82, 2.24) is 4.90 Å². The Morgan fingerprint density at radius 1 is 1.11 bits per heavy atom. The van der Waals surface area contributed by atoms with E-state index in [1.807, 2.05) is 0 Å². The van der Waals surface area contributed by atoms with Crippen LogP contribution in [0.3, 0.4) is 0 Å². The molecular weight excluding hydrogens is 238 g/mol. The van der Waals surface area contributed by atoms with E-state index in [2.05, 4.69) is 0 Å². The van der Waals surface area contributed by atoms with Gasteiger partial charge in [-0.15, -0.1) is 0 Å². The first-order valence-electron chi connectivity index (χ1n) is 5.53. The van der Waals surface area contributed by atoms with Crippen LogP contribution in [0.2, 0.25) is 0 Å². The van der Waals surface area contributed by atoms with Crippen molar-refractivity contribution < 1.29 is 24.9 Å². The molecule has 1 aliphatic heterocycles. The van der Waals surface area contributed by atoms with Gasteiger partial charge in [-0.05, 0) is 30.5 Å². The molecule has 1 aromatic carbocycles. The smallest absolute Gasteiger partial charge is 0.408 e. The fourth-order valence-corrected chi connectivity index (χ4v) is 2.34. The van der Waals surface area contributed by atoms with Gasteiger partial charge in [0, 0.05) is 0 Å². The molecule has 0 spiro atoms. The van der Waals surface area contributed by atoms with E-state index in [0.717, 1.165) is 4.90 Å². The second kappa shape index (κ2) is 4.56. The minimum absolute atomic E-state index is 0.0911. The molecule has 1 amide bonds. The summed E-state index contributed by atoms with van der Waals surface area (Å²) in [4.78, 5) is 23.1. The average molecular weight is 251 g/mol. The first-order chi connectivity index (χ1) is 8.50. The summed E-state index contributed by atoms with van der Waals surface area (Å²) in [7, 11) is 0. The number of rotatable bonds is 2. The number of hydrogen-bond acceptors (Lipinski definition) is 3. The minimum atomic E-state index is -1.24. The molecule has 0 radical (unpaired) electrons. The molecule has 1 fully saturated rings. The van der Waals surface area contributed by atoms with Gasteiger partial charge in [-0.25, -0.2) is 9.59 Å². The van der Waals surface area contributed by atoms with Crippen LogP contribution in [0.1, 0.15) is 24.4 Å². The number of likely N-dealkylation sites (tertiary alicyclic amines) is 1. The van der Waals surface area contributed by atoms with Crippen LogP contribution in [-0.4, -0.2) is 38.3 Å². The van der Waals surface area contributed by atoms with Crippen molar-refractivity contribution >= 4 is 12.1 Å². The van der Waals surface area contributed by atoms with Crippen molar-refractivity contribution in [1.29, 1.82) is 0 Å². The highest BCUT2D eigenvalue weighted by Gasteiger charge is 2.41. The van der Waals surface area contributed by atoms with Gasteiger partial charge in [-0.3, -0.25) is 4.90 Å². The maximum Gasteiger partial charge on any atom is 0.408 e. The van der Waals surface area contributed by atoms with E-state index in [1.165, 1.54) is 12.1 Å². The number of amides is 1. The molecule has 2 atom stereocenters. The molecule has 1 aromatic rings. The molecule has 2 rings (SSSR count). The summed E-state index contributed by atoms with van der Waals surface area (Å²) in [6.07, 6.45) is -0.473. The van der Waals surface area contributed by atoms with Crippen molar-refractivity contribution in [3.05, 3.63) is 29.8 Å². The molecule has 0 aromatic heterocycles. The number of phenolic OH excluding ortho intramolecular Hbond substituents is 1. The summed E-state index contributed by atoms with van der Waals surface area (Å²) in [5.74, 6) is -1.04. The SMILES string of the molecule is O=C(O)[C@@H]1CC[C@H](c2ccc(O)cc2)N1C(=O)O. The third-order valence-electron chi connectivity index (χ3n) is 3.17. The highest BCUT2D eigenvalue weighted by Crippen LogP contribution is 2.36. The van der Waals surface area contributed by atoms with Gasteiger partial charge in [0.25, 0.3) is 0 Å². The molecule has 6 nitrogen and oxygen atoms in total. The van der Waals surface area contributed by atoms with E-state index in [1.54, 1.807) is 12.1 Å². The Hall–Kier alpha value is -2.24. The van der Waals surface area contributed by atoms with Crippen LogP contribution >= 0.6 is 0 Å². The molecule has 3 N–H and O–H groups in total. The average Bonchev–Trinajstić information content (AvgIpc) is 2.74. The zero-order valence-electron chi connectivity index (χ0n) is 9.48. The number of benzene rings is 1. The maximum atomic E-state index is 11.2. The highest BCUT2D eigenvalue weighted by molar-refractivity contribution is 5.80. The highest BCUT2D eigenvalue weighted by atomic mass is 16.4. The van der Waals surface area contributed by atoms with Crippen LogP contribution in [0.4, 0.5) is 4.79 Å². The fraction of sp³-hybridized carbons (Fsp3) is 0.333. The molecule has 0 aliphatic carbocycles. The standard InChI is InChI=1S/C12H13NO5/c14-8-3-1-7(2-4-8)9-5-6-10(11(15)16)13(9)12(17)18/h1-4,9-10,14H,5-6H2,(H,15,16)(H,17,18)/t9-,10+/m1/s1. The first kappa shape index (κ1) is 12.2. The lowest BCUT2D eigenvalue weighted by atomic mass is 10.0. The Kier molecular flexibility index (Phi) is 3.10. The summed E-state index contributed by atoms with van der Waals surface area (Å²) in [5, 5.41) is 27.3. The second-order valence-corrected chi connectivity index (χ2v) is 4.23. The Bertz CT molecular complexity index is 470. The molecule has 0 saturated carbocycles. The van der Waals surface area contributed by atoms with Crippen molar-refractivity contribution in [2.45, 2.75) is 24.9 Å². The van der Waals surface area contributed by atoms with Crippen LogP contribution < -0.4 is 0 Å². The maximum absolute atomic E-state index is 11.2. The fourth-order valence-electron chi connectivity index (χ4n) is 2.34. The summed E-state index contributed by atoms with van der Waals surface area (Å²) < 4.78 is 0. The summed E-state index contributed by atoms with van der Waals surface area (Å²) in [6, 6.07) is 4.68. The normalized spacial score (nSPS) is 23.0. The molecule has 0 bridgehead atoms. The monoisotopic (exact) mass is 251 g/mol. The van der Waals surface area contributed by atoms with Crippen LogP contribution in [0, 0.1) is 0 Å². The Morgan fingerprint density at radius 3 is 2.22 bits per heavy atom. The summed E-state index contributed by atoms with van der Waals surface area (Å²) >= 11 is 0. The van der Waals surface area contributed by atoms with E-state index in [9.17, 15) is 14.7 Å². The van der Waals surface area contributed by atoms with Crippen LogP contribution in [0.5, 0.6) is 5.75 Å². The van der Waals surface area contributed by atoms with E-state index < -0.39 is 24.1 Å². The largest absolute Gasteiger partial charge is 0.508 e. The number of carboxylic acid groups (broad SMARTS) is 2. The van der Waals surface area contributed by atoms with Crippen molar-refractivity contribution in [2.75, 3.05) is 0 Å². The zero-order chi connectivity index (χ0) is 13.3. The van der Waals surface area contributed by atoms with E-state index in [4.69, 9.17) is 10.2 Å². The lowest BCUT2D eigenvalue weighted by molar-refractivity contribution is -0.142. The molecule has 1 heterocycles. The third kappa shape index (κ3) is 2.09. The quantitative estimate of drug-likeness (QED) is 0.742. The Morgan fingerprint density at radius 2 is 1.72 bits per heavy atom. The molecular formula is C12H13NO5. The van der Waals surface area contributed by atoms with Gasteiger partial charge in [0.1, 0.15) is 11.8 Å². The molecule has 0 unspecified atom stereocenters. The minimum Gasteiger partial charge on any atom is -0.508 e.